The van der Waals surface area contributed by atoms with E-state index in [9.17, 15) is 9.59 Å². The smallest absolute Gasteiger partial charge is 0.312 e. The van der Waals surface area contributed by atoms with Crippen LogP contribution in [0.5, 0.6) is 5.75 Å². The van der Waals surface area contributed by atoms with Crippen LogP contribution in [0.4, 0.5) is 4.79 Å². The van der Waals surface area contributed by atoms with Crippen molar-refractivity contribution < 1.29 is 14.3 Å². The first kappa shape index (κ1) is 30.9. The van der Waals surface area contributed by atoms with Crippen molar-refractivity contribution in [3.05, 3.63) is 76.5 Å². The fourth-order valence-corrected chi connectivity index (χ4v) is 6.97. The molecule has 1 saturated carbocycles. The van der Waals surface area contributed by atoms with Crippen LogP contribution in [-0.4, -0.2) is 48.1 Å². The number of carbonyl (C=O) groups excluding carboxylic acids is 2. The quantitative estimate of drug-likeness (QED) is 0.280. The summed E-state index contributed by atoms with van der Waals surface area (Å²) in [4.78, 5) is 27.2. The Morgan fingerprint density at radius 1 is 1.12 bits per heavy atom. The number of rotatable bonds is 10. The summed E-state index contributed by atoms with van der Waals surface area (Å²) < 4.78 is 6.54. The summed E-state index contributed by atoms with van der Waals surface area (Å²) in [6, 6.07) is 11.1. The molecule has 5 rings (SSSR count). The van der Waals surface area contributed by atoms with Gasteiger partial charge in [-0.15, -0.1) is 0 Å². The molecular weight excluding hydrogens is 540 g/mol. The summed E-state index contributed by atoms with van der Waals surface area (Å²) in [6.45, 7) is 12.9. The number of hydrazine groups is 1. The second kappa shape index (κ2) is 12.2. The Bertz CT molecular complexity index is 1370. The topological polar surface area (TPSA) is 135 Å². The lowest BCUT2D eigenvalue weighted by molar-refractivity contribution is -0.00109. The number of nitrogens with two attached hydrogens (primary N) is 2. The zero-order chi connectivity index (χ0) is 30.9. The number of nitrogens with zero attached hydrogens (tertiary/aromatic N) is 1. The molecule has 0 radical (unpaired) electrons. The van der Waals surface area contributed by atoms with Gasteiger partial charge in [0.1, 0.15) is 17.4 Å². The van der Waals surface area contributed by atoms with Crippen molar-refractivity contribution in [2.24, 2.45) is 16.9 Å². The number of benzene rings is 2. The third kappa shape index (κ3) is 6.53. The predicted octanol–water partition coefficient (Wildman–Crippen LogP) is 4.35. The molecule has 43 heavy (non-hydrogen) atoms. The van der Waals surface area contributed by atoms with Crippen LogP contribution >= 0.6 is 0 Å². The zero-order valence-corrected chi connectivity index (χ0v) is 26.2. The highest BCUT2D eigenvalue weighted by molar-refractivity contribution is 5.93. The van der Waals surface area contributed by atoms with E-state index < -0.39 is 23.5 Å². The molecule has 2 heterocycles. The number of amides is 3. The average Bonchev–Trinajstić information content (AvgIpc) is 3.42. The minimum Gasteiger partial charge on any atom is -0.487 e. The van der Waals surface area contributed by atoms with Crippen molar-refractivity contribution >= 4 is 11.9 Å². The van der Waals surface area contributed by atoms with Crippen molar-refractivity contribution in [2.75, 3.05) is 13.1 Å². The SMILES string of the molecule is Cc1c(CC(NC(N)=O)C2(c3cc(C(N)=O)ccc3OC3CN(C(C)C)C3)C=CNN2)cccc1C1CCC(C)(C)CC1. The molecule has 0 aromatic heterocycles. The molecule has 2 aromatic carbocycles. The van der Waals surface area contributed by atoms with E-state index in [0.717, 1.165) is 18.7 Å². The van der Waals surface area contributed by atoms with Gasteiger partial charge in [-0.1, -0.05) is 32.0 Å². The number of urea groups is 1. The number of likely N-dealkylation sites (tertiary alicyclic amines) is 1. The summed E-state index contributed by atoms with van der Waals surface area (Å²) in [7, 11) is 0. The molecule has 2 aromatic rings. The molecular formula is C34H48N6O3. The Morgan fingerprint density at radius 2 is 1.84 bits per heavy atom. The van der Waals surface area contributed by atoms with Crippen molar-refractivity contribution in [1.82, 2.24) is 21.1 Å². The van der Waals surface area contributed by atoms with E-state index in [0.29, 0.717) is 40.7 Å². The van der Waals surface area contributed by atoms with E-state index in [2.05, 4.69) is 73.9 Å². The van der Waals surface area contributed by atoms with Crippen LogP contribution in [0.2, 0.25) is 0 Å². The van der Waals surface area contributed by atoms with Gasteiger partial charge in [0.05, 0.1) is 6.04 Å². The van der Waals surface area contributed by atoms with E-state index in [1.165, 1.54) is 36.8 Å². The maximum Gasteiger partial charge on any atom is 0.312 e. The van der Waals surface area contributed by atoms with E-state index >= 15 is 0 Å². The molecule has 0 bridgehead atoms. The van der Waals surface area contributed by atoms with Gasteiger partial charge in [-0.3, -0.25) is 9.69 Å². The Labute approximate surface area is 255 Å². The lowest BCUT2D eigenvalue weighted by Gasteiger charge is -2.43. The highest BCUT2D eigenvalue weighted by Gasteiger charge is 2.45. The Kier molecular flexibility index (Phi) is 8.77. The third-order valence-electron chi connectivity index (χ3n) is 9.88. The first-order valence-corrected chi connectivity index (χ1v) is 15.6. The molecule has 0 spiro atoms. The molecule has 3 aliphatic rings. The van der Waals surface area contributed by atoms with Gasteiger partial charge in [0.2, 0.25) is 5.91 Å². The molecule has 7 N–H and O–H groups in total. The minimum absolute atomic E-state index is 0.0120. The van der Waals surface area contributed by atoms with Crippen LogP contribution in [-0.2, 0) is 12.0 Å². The summed E-state index contributed by atoms with van der Waals surface area (Å²) in [6.07, 6.45) is 9.06. The number of nitrogens with one attached hydrogen (secondary N) is 3. The molecule has 2 aliphatic heterocycles. The first-order valence-electron chi connectivity index (χ1n) is 15.6. The summed E-state index contributed by atoms with van der Waals surface area (Å²) >= 11 is 0. The number of carbonyl (C=O) groups is 2. The van der Waals surface area contributed by atoms with Crippen molar-refractivity contribution in [3.8, 4) is 5.75 Å². The standard InChI is InChI=1S/C34H48N6O3/c1-21(2)40-19-26(20-40)43-29-10-9-25(31(35)41)17-28(29)34(15-16-37-39-34)30(38-32(36)42)18-24-7-6-8-27(22(24)3)23-11-13-33(4,5)14-12-23/h6-10,15-17,21,23,26,30,37,39H,11-14,18-20H2,1-5H3,(H2,35,41)(H3,36,38,42). The van der Waals surface area contributed by atoms with E-state index in [1.807, 2.05) is 6.08 Å². The van der Waals surface area contributed by atoms with Crippen molar-refractivity contribution in [1.29, 1.82) is 0 Å². The van der Waals surface area contributed by atoms with Gasteiger partial charge in [-0.05, 0) is 105 Å². The van der Waals surface area contributed by atoms with E-state index in [4.69, 9.17) is 16.2 Å². The van der Waals surface area contributed by atoms with Gasteiger partial charge < -0.3 is 26.9 Å². The normalized spacial score (nSPS) is 23.0. The lowest BCUT2D eigenvalue weighted by Crippen LogP contribution is -2.60. The summed E-state index contributed by atoms with van der Waals surface area (Å²) in [5.74, 6) is 0.618. The zero-order valence-electron chi connectivity index (χ0n) is 26.2. The Balaban J connectivity index is 1.51. The van der Waals surface area contributed by atoms with E-state index in [1.54, 1.807) is 24.4 Å². The number of ether oxygens (including phenoxy) is 1. The van der Waals surface area contributed by atoms with Crippen LogP contribution in [0.1, 0.15) is 91.9 Å². The molecule has 232 valence electrons. The maximum absolute atomic E-state index is 12.5. The molecule has 2 fully saturated rings. The molecule has 9 heteroatoms. The predicted molar refractivity (Wildman–Crippen MR) is 170 cm³/mol. The van der Waals surface area contributed by atoms with Gasteiger partial charge in [-0.25, -0.2) is 10.2 Å². The van der Waals surface area contributed by atoms with Crippen LogP contribution < -0.4 is 32.4 Å². The number of primary amides is 2. The van der Waals surface area contributed by atoms with Gasteiger partial charge >= 0.3 is 6.03 Å². The van der Waals surface area contributed by atoms with Gasteiger partial charge in [0.25, 0.3) is 0 Å². The fourth-order valence-electron chi connectivity index (χ4n) is 6.97. The largest absolute Gasteiger partial charge is 0.487 e. The molecule has 1 saturated heterocycles. The van der Waals surface area contributed by atoms with Crippen molar-refractivity contribution in [2.45, 2.75) is 96.4 Å². The lowest BCUT2D eigenvalue weighted by atomic mass is 9.70. The molecule has 2 atom stereocenters. The molecule has 2 unspecified atom stereocenters. The molecule has 1 aliphatic carbocycles. The second-order valence-electron chi connectivity index (χ2n) is 13.7. The maximum atomic E-state index is 12.5. The third-order valence-corrected chi connectivity index (χ3v) is 9.88. The molecule has 3 amide bonds. The van der Waals surface area contributed by atoms with Gasteiger partial charge in [0.15, 0.2) is 0 Å². The van der Waals surface area contributed by atoms with Crippen LogP contribution in [0.3, 0.4) is 0 Å². The Hall–Kier alpha value is -3.56. The van der Waals surface area contributed by atoms with Crippen LogP contribution in [0, 0.1) is 12.3 Å². The van der Waals surface area contributed by atoms with Gasteiger partial charge in [0, 0.05) is 36.5 Å². The minimum atomic E-state index is -0.978. The fraction of sp³-hybridized carbons (Fsp3) is 0.529. The number of hydrogen-bond acceptors (Lipinski definition) is 6. The average molecular weight is 589 g/mol. The van der Waals surface area contributed by atoms with Crippen LogP contribution in [0.25, 0.3) is 0 Å². The van der Waals surface area contributed by atoms with Crippen molar-refractivity contribution in [3.63, 3.8) is 0 Å². The number of hydrogen-bond donors (Lipinski definition) is 5. The Morgan fingerprint density at radius 3 is 2.44 bits per heavy atom. The second-order valence-corrected chi connectivity index (χ2v) is 13.7. The highest BCUT2D eigenvalue weighted by atomic mass is 16.5. The highest BCUT2D eigenvalue weighted by Crippen LogP contribution is 2.44. The summed E-state index contributed by atoms with van der Waals surface area (Å²) in [5.41, 5.74) is 22.3. The van der Waals surface area contributed by atoms with Gasteiger partial charge in [-0.2, -0.15) is 0 Å². The van der Waals surface area contributed by atoms with Crippen LogP contribution in [0.15, 0.2) is 48.7 Å². The molecule has 9 nitrogen and oxygen atoms in total. The first-order chi connectivity index (χ1) is 20.4. The monoisotopic (exact) mass is 588 g/mol. The van der Waals surface area contributed by atoms with E-state index in [-0.39, 0.29) is 6.10 Å². The summed E-state index contributed by atoms with van der Waals surface area (Å²) in [5, 5.41) is 3.03.